The molecule has 0 bridgehead atoms. The third-order valence-corrected chi connectivity index (χ3v) is 5.24. The number of hydrogen-bond donors (Lipinski definition) is 1. The van der Waals surface area contributed by atoms with Crippen LogP contribution in [0.5, 0.6) is 0 Å². The molecule has 4 rings (SSSR count). The van der Waals surface area contributed by atoms with Crippen molar-refractivity contribution in [3.05, 3.63) is 53.6 Å². The molecule has 1 unspecified atom stereocenters. The third-order valence-electron chi connectivity index (χ3n) is 5.24. The minimum absolute atomic E-state index is 0.396. The number of nitrogens with zero attached hydrogens (tertiary/aromatic N) is 2. The molecule has 1 aromatic heterocycles. The van der Waals surface area contributed by atoms with Crippen LogP contribution in [-0.4, -0.2) is 41.4 Å². The Labute approximate surface area is 148 Å². The van der Waals surface area contributed by atoms with E-state index in [1.807, 2.05) is 6.07 Å². The Morgan fingerprint density at radius 2 is 1.88 bits per heavy atom. The highest BCUT2D eigenvalue weighted by Crippen LogP contribution is 2.37. The Balaban J connectivity index is 1.89. The molecule has 0 radical (unpaired) electrons. The SMILES string of the molecule is CCC(c1c(C)ccc2[nH]nc(-c3ccccc3)c12)N1CCOCC1. The molecule has 3 aromatic rings. The first-order chi connectivity index (χ1) is 12.3. The van der Waals surface area contributed by atoms with Crippen LogP contribution in [0.3, 0.4) is 0 Å². The topological polar surface area (TPSA) is 41.2 Å². The van der Waals surface area contributed by atoms with Crippen molar-refractivity contribution < 1.29 is 4.74 Å². The van der Waals surface area contributed by atoms with Gasteiger partial charge < -0.3 is 4.74 Å². The van der Waals surface area contributed by atoms with Gasteiger partial charge in [0.2, 0.25) is 0 Å². The largest absolute Gasteiger partial charge is 0.379 e. The second-order valence-electron chi connectivity index (χ2n) is 6.73. The standard InChI is InChI=1S/C21H25N3O/c1-3-18(24-11-13-25-14-12-24)19-15(2)9-10-17-20(19)21(23-22-17)16-7-5-4-6-8-16/h4-10,18H,3,11-14H2,1-2H3,(H,22,23). The van der Waals surface area contributed by atoms with E-state index in [-0.39, 0.29) is 0 Å². The molecular weight excluding hydrogens is 310 g/mol. The zero-order chi connectivity index (χ0) is 17.2. The fraction of sp³-hybridized carbons (Fsp3) is 0.381. The summed E-state index contributed by atoms with van der Waals surface area (Å²) in [4.78, 5) is 2.56. The smallest absolute Gasteiger partial charge is 0.100 e. The van der Waals surface area contributed by atoms with Crippen LogP contribution in [0.1, 0.15) is 30.5 Å². The molecule has 1 fully saturated rings. The van der Waals surface area contributed by atoms with Crippen molar-refractivity contribution in [3.8, 4) is 11.3 Å². The summed E-state index contributed by atoms with van der Waals surface area (Å²) in [5, 5.41) is 9.17. The molecule has 2 heterocycles. The minimum atomic E-state index is 0.396. The maximum atomic E-state index is 5.57. The van der Waals surface area contributed by atoms with Crippen LogP contribution < -0.4 is 0 Å². The van der Waals surface area contributed by atoms with Crippen molar-refractivity contribution in [3.63, 3.8) is 0 Å². The van der Waals surface area contributed by atoms with E-state index < -0.39 is 0 Å². The van der Waals surface area contributed by atoms with Gasteiger partial charge in [-0.3, -0.25) is 10.00 Å². The molecule has 1 saturated heterocycles. The number of aromatic nitrogens is 2. The number of H-pyrrole nitrogens is 1. The van der Waals surface area contributed by atoms with E-state index in [0.717, 1.165) is 49.5 Å². The Hall–Kier alpha value is -2.17. The van der Waals surface area contributed by atoms with Gasteiger partial charge in [0.15, 0.2) is 0 Å². The first-order valence-electron chi connectivity index (χ1n) is 9.14. The Morgan fingerprint density at radius 1 is 1.12 bits per heavy atom. The summed E-state index contributed by atoms with van der Waals surface area (Å²) in [7, 11) is 0. The fourth-order valence-electron chi connectivity index (χ4n) is 4.01. The summed E-state index contributed by atoms with van der Waals surface area (Å²) in [6.45, 7) is 8.13. The van der Waals surface area contributed by atoms with Crippen molar-refractivity contribution in [2.75, 3.05) is 26.3 Å². The molecule has 0 spiro atoms. The molecule has 1 atom stereocenters. The summed E-state index contributed by atoms with van der Waals surface area (Å²) in [5.74, 6) is 0. The first-order valence-corrected chi connectivity index (χ1v) is 9.14. The quantitative estimate of drug-likeness (QED) is 0.772. The van der Waals surface area contributed by atoms with Gasteiger partial charge in [0.1, 0.15) is 5.69 Å². The lowest BCUT2D eigenvalue weighted by Crippen LogP contribution is -2.39. The van der Waals surface area contributed by atoms with Gasteiger partial charge in [-0.15, -0.1) is 0 Å². The van der Waals surface area contributed by atoms with E-state index in [2.05, 4.69) is 65.3 Å². The van der Waals surface area contributed by atoms with Crippen molar-refractivity contribution >= 4 is 10.9 Å². The van der Waals surface area contributed by atoms with E-state index in [1.165, 1.54) is 16.5 Å². The van der Waals surface area contributed by atoms with Gasteiger partial charge in [-0.05, 0) is 30.5 Å². The number of aryl methyl sites for hydroxylation is 1. The number of hydrogen-bond acceptors (Lipinski definition) is 3. The highest BCUT2D eigenvalue weighted by molar-refractivity contribution is 5.96. The second-order valence-corrected chi connectivity index (χ2v) is 6.73. The number of benzene rings is 2. The lowest BCUT2D eigenvalue weighted by molar-refractivity contribution is 0.0154. The molecule has 0 saturated carbocycles. The van der Waals surface area contributed by atoms with Crippen LogP contribution in [0.25, 0.3) is 22.2 Å². The van der Waals surface area contributed by atoms with E-state index in [0.29, 0.717) is 6.04 Å². The maximum absolute atomic E-state index is 5.57. The molecule has 0 amide bonds. The lowest BCUT2D eigenvalue weighted by atomic mass is 9.91. The molecule has 2 aromatic carbocycles. The number of nitrogens with one attached hydrogen (secondary N) is 1. The molecule has 130 valence electrons. The normalized spacial score (nSPS) is 17.0. The average molecular weight is 335 g/mol. The third kappa shape index (κ3) is 2.96. The van der Waals surface area contributed by atoms with Crippen LogP contribution in [0.2, 0.25) is 0 Å². The van der Waals surface area contributed by atoms with Crippen molar-refractivity contribution in [2.24, 2.45) is 0 Å². The zero-order valence-corrected chi connectivity index (χ0v) is 15.0. The molecule has 4 heteroatoms. The summed E-state index contributed by atoms with van der Waals surface area (Å²) >= 11 is 0. The van der Waals surface area contributed by atoms with Crippen molar-refractivity contribution in [2.45, 2.75) is 26.3 Å². The molecule has 1 aliphatic heterocycles. The summed E-state index contributed by atoms with van der Waals surface area (Å²) in [6, 6.07) is 15.2. The van der Waals surface area contributed by atoms with E-state index in [1.54, 1.807) is 0 Å². The van der Waals surface area contributed by atoms with Crippen LogP contribution >= 0.6 is 0 Å². The number of morpholine rings is 1. The van der Waals surface area contributed by atoms with Crippen LogP contribution in [0.15, 0.2) is 42.5 Å². The van der Waals surface area contributed by atoms with Gasteiger partial charge in [-0.25, -0.2) is 0 Å². The predicted molar refractivity (Wildman–Crippen MR) is 102 cm³/mol. The maximum Gasteiger partial charge on any atom is 0.100 e. The second kappa shape index (κ2) is 6.98. The van der Waals surface area contributed by atoms with E-state index in [4.69, 9.17) is 4.74 Å². The Bertz CT molecular complexity index is 850. The highest BCUT2D eigenvalue weighted by atomic mass is 16.5. The predicted octanol–water partition coefficient (Wildman–Crippen LogP) is 4.32. The number of fused-ring (bicyclic) bond motifs is 1. The van der Waals surface area contributed by atoms with Crippen LogP contribution in [0.4, 0.5) is 0 Å². The Morgan fingerprint density at radius 3 is 2.60 bits per heavy atom. The van der Waals surface area contributed by atoms with Gasteiger partial charge in [0, 0.05) is 30.1 Å². The van der Waals surface area contributed by atoms with Crippen LogP contribution in [0, 0.1) is 6.92 Å². The van der Waals surface area contributed by atoms with E-state index >= 15 is 0 Å². The lowest BCUT2D eigenvalue weighted by Gasteiger charge is -2.35. The van der Waals surface area contributed by atoms with Gasteiger partial charge in [0.25, 0.3) is 0 Å². The Kier molecular flexibility index (Phi) is 4.55. The summed E-state index contributed by atoms with van der Waals surface area (Å²) in [6.07, 6.45) is 1.08. The van der Waals surface area contributed by atoms with E-state index in [9.17, 15) is 0 Å². The number of rotatable bonds is 4. The number of ether oxygens (including phenoxy) is 1. The number of aromatic amines is 1. The molecule has 0 aliphatic carbocycles. The van der Waals surface area contributed by atoms with Gasteiger partial charge in [-0.2, -0.15) is 5.10 Å². The zero-order valence-electron chi connectivity index (χ0n) is 15.0. The van der Waals surface area contributed by atoms with Crippen molar-refractivity contribution in [1.29, 1.82) is 0 Å². The fourth-order valence-corrected chi connectivity index (χ4v) is 4.01. The summed E-state index contributed by atoms with van der Waals surface area (Å²) < 4.78 is 5.57. The van der Waals surface area contributed by atoms with Gasteiger partial charge in [0.05, 0.1) is 18.7 Å². The first kappa shape index (κ1) is 16.3. The monoisotopic (exact) mass is 335 g/mol. The van der Waals surface area contributed by atoms with Gasteiger partial charge >= 0.3 is 0 Å². The molecular formula is C21H25N3O. The molecule has 25 heavy (non-hydrogen) atoms. The van der Waals surface area contributed by atoms with Crippen LogP contribution in [-0.2, 0) is 4.74 Å². The minimum Gasteiger partial charge on any atom is -0.379 e. The average Bonchev–Trinajstić information content (AvgIpc) is 3.10. The molecule has 4 nitrogen and oxygen atoms in total. The van der Waals surface area contributed by atoms with Gasteiger partial charge in [-0.1, -0.05) is 43.3 Å². The summed E-state index contributed by atoms with van der Waals surface area (Å²) in [5.41, 5.74) is 6.09. The highest BCUT2D eigenvalue weighted by Gasteiger charge is 2.26. The molecule has 1 aliphatic rings. The molecule has 1 N–H and O–H groups in total. The van der Waals surface area contributed by atoms with Crippen molar-refractivity contribution in [1.82, 2.24) is 15.1 Å².